The van der Waals surface area contributed by atoms with E-state index in [2.05, 4.69) is 10.2 Å². The van der Waals surface area contributed by atoms with Gasteiger partial charge >= 0.3 is 0 Å². The molecule has 0 radical (unpaired) electrons. The van der Waals surface area contributed by atoms with Gasteiger partial charge in [-0.1, -0.05) is 6.92 Å². The molecule has 6 heteroatoms. The molecule has 0 saturated heterocycles. The zero-order valence-corrected chi connectivity index (χ0v) is 6.36. The average Bonchev–Trinajstić information content (AvgIpc) is 2.32. The summed E-state index contributed by atoms with van der Waals surface area (Å²) in [6.45, 7) is 1.94. The maximum atomic E-state index is 5.65. The molecule has 1 aromatic heterocycles. The number of hydrogen-bond donors (Lipinski definition) is 3. The number of nitrogen functional groups attached to an aromatic ring is 2. The fourth-order valence-electron chi connectivity index (χ4n) is 0.752. The van der Waals surface area contributed by atoms with Crippen LogP contribution in [-0.4, -0.2) is 14.9 Å². The topological polar surface area (TPSA) is 109 Å². The standard InChI is InChI=1S/C5H12N6/c1-2-3(6)4-9-10-5(7)11(4)8/h3H,2,6,8H2,1H3,(H2,7,10)/t3-/m0/s1. The highest BCUT2D eigenvalue weighted by molar-refractivity contribution is 5.18. The molecule has 0 saturated carbocycles. The van der Waals surface area contributed by atoms with E-state index in [1.54, 1.807) is 0 Å². The summed E-state index contributed by atoms with van der Waals surface area (Å²) in [6.07, 6.45) is 0.759. The van der Waals surface area contributed by atoms with Crippen molar-refractivity contribution >= 4 is 5.95 Å². The van der Waals surface area contributed by atoms with Crippen LogP contribution in [0.25, 0.3) is 0 Å². The lowest BCUT2D eigenvalue weighted by molar-refractivity contribution is 0.627. The van der Waals surface area contributed by atoms with Gasteiger partial charge in [-0.15, -0.1) is 10.2 Å². The fraction of sp³-hybridized carbons (Fsp3) is 0.600. The van der Waals surface area contributed by atoms with Crippen LogP contribution in [0.1, 0.15) is 25.2 Å². The van der Waals surface area contributed by atoms with Gasteiger partial charge in [0.25, 0.3) is 0 Å². The van der Waals surface area contributed by atoms with Crippen molar-refractivity contribution in [2.24, 2.45) is 5.73 Å². The molecule has 0 spiro atoms. The molecule has 0 aliphatic rings. The molecule has 0 aliphatic carbocycles. The van der Waals surface area contributed by atoms with Crippen molar-refractivity contribution in [1.82, 2.24) is 14.9 Å². The third-order valence-electron chi connectivity index (χ3n) is 1.52. The van der Waals surface area contributed by atoms with Crippen molar-refractivity contribution in [3.63, 3.8) is 0 Å². The molecule has 0 aliphatic heterocycles. The molecule has 62 valence electrons. The van der Waals surface area contributed by atoms with Crippen LogP contribution in [0.5, 0.6) is 0 Å². The molecule has 1 rings (SSSR count). The Balaban J connectivity index is 2.94. The zero-order chi connectivity index (χ0) is 8.43. The van der Waals surface area contributed by atoms with Gasteiger partial charge in [0.2, 0.25) is 5.95 Å². The molecule has 0 unspecified atom stereocenters. The van der Waals surface area contributed by atoms with Crippen LogP contribution in [0.15, 0.2) is 0 Å². The maximum Gasteiger partial charge on any atom is 0.240 e. The molecular weight excluding hydrogens is 144 g/mol. The molecule has 1 atom stereocenters. The van der Waals surface area contributed by atoms with E-state index >= 15 is 0 Å². The molecule has 0 fully saturated rings. The minimum absolute atomic E-state index is 0.184. The normalized spacial score (nSPS) is 13.3. The maximum absolute atomic E-state index is 5.65. The Labute approximate surface area is 64.3 Å². The first-order chi connectivity index (χ1) is 5.16. The predicted octanol–water partition coefficient (Wildman–Crippen LogP) is -1.02. The summed E-state index contributed by atoms with van der Waals surface area (Å²) < 4.78 is 1.20. The van der Waals surface area contributed by atoms with Gasteiger partial charge in [0.1, 0.15) is 0 Å². The molecule has 0 aromatic carbocycles. The first kappa shape index (κ1) is 7.80. The van der Waals surface area contributed by atoms with Crippen molar-refractivity contribution in [3.8, 4) is 0 Å². The van der Waals surface area contributed by atoms with E-state index in [1.165, 1.54) is 4.68 Å². The monoisotopic (exact) mass is 156 g/mol. The number of hydrogen-bond acceptors (Lipinski definition) is 5. The van der Waals surface area contributed by atoms with Gasteiger partial charge in [0.05, 0.1) is 6.04 Å². The van der Waals surface area contributed by atoms with Gasteiger partial charge in [-0.3, -0.25) is 0 Å². The van der Waals surface area contributed by atoms with E-state index in [4.69, 9.17) is 17.3 Å². The second-order valence-corrected chi connectivity index (χ2v) is 2.30. The Morgan fingerprint density at radius 1 is 1.55 bits per heavy atom. The average molecular weight is 156 g/mol. The third-order valence-corrected chi connectivity index (χ3v) is 1.52. The van der Waals surface area contributed by atoms with Gasteiger partial charge in [-0.2, -0.15) is 0 Å². The summed E-state index contributed by atoms with van der Waals surface area (Å²) in [5.74, 6) is 6.17. The molecule has 11 heavy (non-hydrogen) atoms. The van der Waals surface area contributed by atoms with Crippen LogP contribution in [-0.2, 0) is 0 Å². The lowest BCUT2D eigenvalue weighted by atomic mass is 10.2. The first-order valence-corrected chi connectivity index (χ1v) is 3.38. The quantitative estimate of drug-likeness (QED) is 0.475. The van der Waals surface area contributed by atoms with Crippen LogP contribution >= 0.6 is 0 Å². The van der Waals surface area contributed by atoms with E-state index in [-0.39, 0.29) is 12.0 Å². The van der Waals surface area contributed by atoms with Crippen molar-refractivity contribution in [3.05, 3.63) is 5.82 Å². The SMILES string of the molecule is CC[C@H](N)c1nnc(N)n1N. The summed E-state index contributed by atoms with van der Waals surface area (Å²) in [7, 11) is 0. The van der Waals surface area contributed by atoms with Crippen LogP contribution in [0.3, 0.4) is 0 Å². The van der Waals surface area contributed by atoms with Gasteiger partial charge in [-0.25, -0.2) is 4.68 Å². The Bertz CT molecular complexity index is 241. The molecule has 0 bridgehead atoms. The summed E-state index contributed by atoms with van der Waals surface area (Å²) in [4.78, 5) is 0. The number of rotatable bonds is 2. The lowest BCUT2D eigenvalue weighted by Gasteiger charge is -2.06. The second kappa shape index (κ2) is 2.75. The summed E-state index contributed by atoms with van der Waals surface area (Å²) in [5, 5.41) is 7.29. The van der Waals surface area contributed by atoms with Gasteiger partial charge in [0.15, 0.2) is 5.82 Å². The van der Waals surface area contributed by atoms with Gasteiger partial charge in [0, 0.05) is 0 Å². The Kier molecular flexibility index (Phi) is 1.95. The number of anilines is 1. The van der Waals surface area contributed by atoms with E-state index in [1.807, 2.05) is 6.92 Å². The number of nitrogens with two attached hydrogens (primary N) is 3. The predicted molar refractivity (Wildman–Crippen MR) is 41.8 cm³/mol. The number of aromatic nitrogens is 3. The fourth-order valence-corrected chi connectivity index (χ4v) is 0.752. The first-order valence-electron chi connectivity index (χ1n) is 3.38. The molecule has 6 nitrogen and oxygen atoms in total. The largest absolute Gasteiger partial charge is 0.366 e. The van der Waals surface area contributed by atoms with Crippen LogP contribution < -0.4 is 17.3 Å². The zero-order valence-electron chi connectivity index (χ0n) is 6.36. The minimum Gasteiger partial charge on any atom is -0.366 e. The Hall–Kier alpha value is -1.30. The van der Waals surface area contributed by atoms with E-state index in [9.17, 15) is 0 Å². The van der Waals surface area contributed by atoms with E-state index < -0.39 is 0 Å². The summed E-state index contributed by atoms with van der Waals surface area (Å²) in [6, 6.07) is -0.190. The third kappa shape index (κ3) is 1.25. The van der Waals surface area contributed by atoms with Crippen LogP contribution in [0, 0.1) is 0 Å². The summed E-state index contributed by atoms with van der Waals surface area (Å²) >= 11 is 0. The summed E-state index contributed by atoms with van der Waals surface area (Å²) in [5.41, 5.74) is 11.0. The van der Waals surface area contributed by atoms with Crippen molar-refractivity contribution < 1.29 is 0 Å². The van der Waals surface area contributed by atoms with Crippen molar-refractivity contribution in [1.29, 1.82) is 0 Å². The Morgan fingerprint density at radius 2 is 2.18 bits per heavy atom. The van der Waals surface area contributed by atoms with Crippen LogP contribution in [0.2, 0.25) is 0 Å². The lowest BCUT2D eigenvalue weighted by Crippen LogP contribution is -2.21. The van der Waals surface area contributed by atoms with E-state index in [0.29, 0.717) is 5.82 Å². The molecular formula is C5H12N6. The van der Waals surface area contributed by atoms with Crippen molar-refractivity contribution in [2.75, 3.05) is 11.6 Å². The second-order valence-electron chi connectivity index (χ2n) is 2.30. The highest BCUT2D eigenvalue weighted by Gasteiger charge is 2.12. The van der Waals surface area contributed by atoms with Crippen LogP contribution in [0.4, 0.5) is 5.95 Å². The molecule has 1 aromatic rings. The highest BCUT2D eigenvalue weighted by atomic mass is 15.4. The van der Waals surface area contributed by atoms with Crippen molar-refractivity contribution in [2.45, 2.75) is 19.4 Å². The smallest absolute Gasteiger partial charge is 0.240 e. The van der Waals surface area contributed by atoms with Gasteiger partial charge in [-0.05, 0) is 6.42 Å². The molecule has 1 heterocycles. The highest BCUT2D eigenvalue weighted by Crippen LogP contribution is 2.09. The van der Waals surface area contributed by atoms with E-state index in [0.717, 1.165) is 6.42 Å². The minimum atomic E-state index is -0.190. The Morgan fingerprint density at radius 3 is 2.55 bits per heavy atom. The molecule has 0 amide bonds. The number of nitrogens with zero attached hydrogens (tertiary/aromatic N) is 3. The van der Waals surface area contributed by atoms with Gasteiger partial charge < -0.3 is 17.3 Å². The molecule has 6 N–H and O–H groups in total.